The Balaban J connectivity index is 1.70. The Hall–Kier alpha value is -2.57. The molecule has 1 aliphatic rings. The van der Waals surface area contributed by atoms with Gasteiger partial charge < -0.3 is 20.1 Å². The van der Waals surface area contributed by atoms with E-state index in [1.54, 1.807) is 18.2 Å². The molecule has 0 aromatic heterocycles. The molecule has 1 aliphatic carbocycles. The van der Waals surface area contributed by atoms with Gasteiger partial charge in [0.15, 0.2) is 23.9 Å². The zero-order valence-electron chi connectivity index (χ0n) is 16.0. The second-order valence-corrected chi connectivity index (χ2v) is 6.71. The number of carbonyl (C=O) groups is 3. The Bertz CT molecular complexity index is 668. The zero-order valence-corrected chi connectivity index (χ0v) is 16.0. The normalized spacial score (nSPS) is 14.3. The summed E-state index contributed by atoms with van der Waals surface area (Å²) in [7, 11) is 1.47. The van der Waals surface area contributed by atoms with Crippen LogP contribution in [-0.4, -0.2) is 43.9 Å². The second-order valence-electron chi connectivity index (χ2n) is 6.71. The maximum Gasteiger partial charge on any atom is 0.257 e. The second kappa shape index (κ2) is 10.5. The maximum atomic E-state index is 11.9. The maximum absolute atomic E-state index is 11.9. The van der Waals surface area contributed by atoms with E-state index in [1.165, 1.54) is 20.5 Å². The Morgan fingerprint density at radius 1 is 1.07 bits per heavy atom. The van der Waals surface area contributed by atoms with Gasteiger partial charge in [-0.2, -0.15) is 0 Å². The molecule has 2 amide bonds. The molecule has 7 nitrogen and oxygen atoms in total. The van der Waals surface area contributed by atoms with Crippen LogP contribution in [0, 0.1) is 0 Å². The van der Waals surface area contributed by atoms with Crippen molar-refractivity contribution in [1.82, 2.24) is 10.6 Å². The van der Waals surface area contributed by atoms with Crippen molar-refractivity contribution in [3.63, 3.8) is 0 Å². The van der Waals surface area contributed by atoms with Crippen LogP contribution in [0.15, 0.2) is 18.2 Å². The summed E-state index contributed by atoms with van der Waals surface area (Å²) >= 11 is 0. The zero-order chi connectivity index (χ0) is 19.6. The van der Waals surface area contributed by atoms with E-state index >= 15 is 0 Å². The number of Topliss-reactive ketones (excluding diaryl/α,β-unsaturated/α-hetero) is 1. The van der Waals surface area contributed by atoms with Gasteiger partial charge in [-0.05, 0) is 38.0 Å². The van der Waals surface area contributed by atoms with Crippen LogP contribution >= 0.6 is 0 Å². The van der Waals surface area contributed by atoms with E-state index < -0.39 is 0 Å². The third-order valence-electron chi connectivity index (χ3n) is 4.57. The minimum atomic E-state index is -0.321. The topological polar surface area (TPSA) is 93.7 Å². The lowest BCUT2D eigenvalue weighted by atomic mass is 9.95. The minimum Gasteiger partial charge on any atom is -0.493 e. The highest BCUT2D eigenvalue weighted by Gasteiger charge is 2.15. The molecule has 0 saturated heterocycles. The smallest absolute Gasteiger partial charge is 0.257 e. The number of ketones is 1. The molecule has 0 radical (unpaired) electrons. The fraction of sp³-hybridized carbons (Fsp3) is 0.550. The van der Waals surface area contributed by atoms with Crippen molar-refractivity contribution < 1.29 is 23.9 Å². The van der Waals surface area contributed by atoms with Gasteiger partial charge in [-0.15, -0.1) is 0 Å². The SMILES string of the molecule is COc1cc(C(C)=O)ccc1OCC(=O)NCCC(=O)NC1CCCCC1. The summed E-state index contributed by atoms with van der Waals surface area (Å²) < 4.78 is 10.6. The molecule has 2 N–H and O–H groups in total. The van der Waals surface area contributed by atoms with E-state index in [9.17, 15) is 14.4 Å². The van der Waals surface area contributed by atoms with Crippen LogP contribution in [0.2, 0.25) is 0 Å². The number of rotatable bonds is 9. The van der Waals surface area contributed by atoms with E-state index in [0.717, 1.165) is 25.7 Å². The number of benzene rings is 1. The number of carbonyl (C=O) groups excluding carboxylic acids is 3. The molecule has 0 bridgehead atoms. The molecule has 0 spiro atoms. The van der Waals surface area contributed by atoms with Gasteiger partial charge in [0.1, 0.15) is 0 Å². The lowest BCUT2D eigenvalue weighted by Gasteiger charge is -2.22. The first-order valence-electron chi connectivity index (χ1n) is 9.37. The van der Waals surface area contributed by atoms with Gasteiger partial charge in [0.25, 0.3) is 5.91 Å². The highest BCUT2D eigenvalue weighted by Crippen LogP contribution is 2.28. The molecule has 0 heterocycles. The molecule has 0 aliphatic heterocycles. The van der Waals surface area contributed by atoms with Gasteiger partial charge in [0.2, 0.25) is 5.91 Å². The summed E-state index contributed by atoms with van der Waals surface area (Å²) in [6.45, 7) is 1.54. The number of nitrogens with one attached hydrogen (secondary N) is 2. The van der Waals surface area contributed by atoms with Crippen LogP contribution < -0.4 is 20.1 Å². The van der Waals surface area contributed by atoms with Crippen molar-refractivity contribution in [1.29, 1.82) is 0 Å². The molecule has 1 fully saturated rings. The van der Waals surface area contributed by atoms with E-state index in [4.69, 9.17) is 9.47 Å². The largest absolute Gasteiger partial charge is 0.493 e. The van der Waals surface area contributed by atoms with E-state index in [2.05, 4.69) is 10.6 Å². The van der Waals surface area contributed by atoms with Crippen LogP contribution in [0.4, 0.5) is 0 Å². The molecular weight excluding hydrogens is 348 g/mol. The molecule has 0 unspecified atom stereocenters. The van der Waals surface area contributed by atoms with Crippen molar-refractivity contribution >= 4 is 17.6 Å². The number of hydrogen-bond donors (Lipinski definition) is 2. The Morgan fingerprint density at radius 2 is 1.81 bits per heavy atom. The fourth-order valence-electron chi connectivity index (χ4n) is 3.06. The van der Waals surface area contributed by atoms with Crippen molar-refractivity contribution in [3.05, 3.63) is 23.8 Å². The van der Waals surface area contributed by atoms with Gasteiger partial charge in [-0.25, -0.2) is 0 Å². The lowest BCUT2D eigenvalue weighted by Crippen LogP contribution is -2.38. The summed E-state index contributed by atoms with van der Waals surface area (Å²) in [5.74, 6) is 0.335. The number of amides is 2. The fourth-order valence-corrected chi connectivity index (χ4v) is 3.06. The summed E-state index contributed by atoms with van der Waals surface area (Å²) in [6, 6.07) is 5.06. The van der Waals surface area contributed by atoms with Crippen LogP contribution in [0.5, 0.6) is 11.5 Å². The first-order chi connectivity index (χ1) is 13.0. The number of methoxy groups -OCH3 is 1. The number of ether oxygens (including phenoxy) is 2. The van der Waals surface area contributed by atoms with Crippen molar-refractivity contribution in [2.24, 2.45) is 0 Å². The van der Waals surface area contributed by atoms with Crippen molar-refractivity contribution in [2.75, 3.05) is 20.3 Å². The average molecular weight is 376 g/mol. The van der Waals surface area contributed by atoms with Crippen molar-refractivity contribution in [3.8, 4) is 11.5 Å². The Kier molecular flexibility index (Phi) is 8.10. The molecular formula is C20H28N2O5. The number of hydrogen-bond acceptors (Lipinski definition) is 5. The molecule has 27 heavy (non-hydrogen) atoms. The monoisotopic (exact) mass is 376 g/mol. The van der Waals surface area contributed by atoms with E-state index in [-0.39, 0.29) is 43.2 Å². The Labute approximate surface area is 159 Å². The van der Waals surface area contributed by atoms with Gasteiger partial charge in [0.05, 0.1) is 7.11 Å². The third-order valence-corrected chi connectivity index (χ3v) is 4.57. The highest BCUT2D eigenvalue weighted by molar-refractivity contribution is 5.94. The van der Waals surface area contributed by atoms with E-state index in [1.807, 2.05) is 0 Å². The molecule has 7 heteroatoms. The van der Waals surface area contributed by atoms with Crippen molar-refractivity contribution in [2.45, 2.75) is 51.5 Å². The molecule has 1 aromatic rings. The highest BCUT2D eigenvalue weighted by atomic mass is 16.5. The standard InChI is InChI=1S/C20H28N2O5/c1-14(23)15-8-9-17(18(12-15)26-2)27-13-20(25)21-11-10-19(24)22-16-6-4-3-5-7-16/h8-9,12,16H,3-7,10-11,13H2,1-2H3,(H,21,25)(H,22,24). The first kappa shape index (κ1) is 20.7. The van der Waals surface area contributed by atoms with Gasteiger partial charge in [0, 0.05) is 24.6 Å². The first-order valence-corrected chi connectivity index (χ1v) is 9.37. The molecule has 2 rings (SSSR count). The van der Waals surface area contributed by atoms with Crippen LogP contribution in [-0.2, 0) is 9.59 Å². The van der Waals surface area contributed by atoms with E-state index in [0.29, 0.717) is 17.1 Å². The van der Waals surface area contributed by atoms with Gasteiger partial charge in [-0.1, -0.05) is 19.3 Å². The molecule has 1 saturated carbocycles. The third kappa shape index (κ3) is 6.92. The minimum absolute atomic E-state index is 0.0374. The summed E-state index contributed by atoms with van der Waals surface area (Å²) in [6.07, 6.45) is 5.89. The molecule has 1 aromatic carbocycles. The van der Waals surface area contributed by atoms with Gasteiger partial charge >= 0.3 is 0 Å². The van der Waals surface area contributed by atoms with Crippen LogP contribution in [0.1, 0.15) is 55.8 Å². The molecule has 0 atom stereocenters. The summed E-state index contributed by atoms with van der Waals surface area (Å²) in [5, 5.41) is 5.68. The lowest BCUT2D eigenvalue weighted by molar-refractivity contribution is -0.124. The van der Waals surface area contributed by atoms with Crippen LogP contribution in [0.3, 0.4) is 0 Å². The predicted octanol–water partition coefficient (Wildman–Crippen LogP) is 2.23. The summed E-state index contributed by atoms with van der Waals surface area (Å²) in [4.78, 5) is 35.2. The average Bonchev–Trinajstić information content (AvgIpc) is 2.66. The predicted molar refractivity (Wildman–Crippen MR) is 101 cm³/mol. The molecule has 148 valence electrons. The quantitative estimate of drug-likeness (QED) is 0.645. The van der Waals surface area contributed by atoms with Crippen LogP contribution in [0.25, 0.3) is 0 Å². The van der Waals surface area contributed by atoms with Gasteiger partial charge in [-0.3, -0.25) is 14.4 Å². The summed E-state index contributed by atoms with van der Waals surface area (Å²) in [5.41, 5.74) is 0.507. The Morgan fingerprint density at radius 3 is 2.48 bits per heavy atom.